The molecule has 1 aliphatic rings. The van der Waals surface area contributed by atoms with Gasteiger partial charge in [-0.3, -0.25) is 14.6 Å². The third-order valence-electron chi connectivity index (χ3n) is 5.75. The van der Waals surface area contributed by atoms with E-state index in [2.05, 4.69) is 4.98 Å². The Bertz CT molecular complexity index is 1290. The van der Waals surface area contributed by atoms with Gasteiger partial charge in [-0.05, 0) is 35.9 Å². The minimum atomic E-state index is -0.927. The van der Waals surface area contributed by atoms with Crippen molar-refractivity contribution in [3.8, 4) is 17.2 Å². The maximum absolute atomic E-state index is 13.3. The number of pyridine rings is 1. The Morgan fingerprint density at radius 1 is 1.00 bits per heavy atom. The number of carbonyl (C=O) groups is 2. The van der Waals surface area contributed by atoms with Crippen molar-refractivity contribution in [2.75, 3.05) is 21.3 Å². The molecule has 1 amide bonds. The molecule has 2 aromatic carbocycles. The molecule has 4 rings (SSSR count). The topological polar surface area (TPSA) is 98.2 Å². The first-order chi connectivity index (χ1) is 16.9. The predicted octanol–water partition coefficient (Wildman–Crippen LogP) is 4.38. The molecule has 180 valence electrons. The van der Waals surface area contributed by atoms with Gasteiger partial charge in [0.15, 0.2) is 0 Å². The van der Waals surface area contributed by atoms with E-state index in [1.54, 1.807) is 55.8 Å². The molecule has 1 N–H and O–H groups in total. The summed E-state index contributed by atoms with van der Waals surface area (Å²) in [5, 5.41) is 11.6. The lowest BCUT2D eigenvalue weighted by molar-refractivity contribution is -0.140. The van der Waals surface area contributed by atoms with Gasteiger partial charge in [0.2, 0.25) is 0 Å². The average molecular weight is 495 g/mol. The fourth-order valence-electron chi connectivity index (χ4n) is 4.01. The molecule has 35 heavy (non-hydrogen) atoms. The number of carbonyl (C=O) groups excluding carboxylic acids is 2. The molecule has 0 radical (unpaired) electrons. The van der Waals surface area contributed by atoms with Gasteiger partial charge in [-0.2, -0.15) is 0 Å². The van der Waals surface area contributed by atoms with Crippen LogP contribution in [-0.4, -0.2) is 48.0 Å². The van der Waals surface area contributed by atoms with E-state index in [9.17, 15) is 14.7 Å². The number of aliphatic hydroxyl groups excluding tert-OH is 1. The second-order valence-electron chi connectivity index (χ2n) is 7.72. The number of Topliss-reactive ketones (excluding diaryl/α,β-unsaturated/α-hetero) is 1. The van der Waals surface area contributed by atoms with Crippen LogP contribution in [0.2, 0.25) is 5.02 Å². The van der Waals surface area contributed by atoms with Crippen molar-refractivity contribution in [2.24, 2.45) is 0 Å². The lowest BCUT2D eigenvalue weighted by Gasteiger charge is -2.25. The van der Waals surface area contributed by atoms with Crippen molar-refractivity contribution >= 4 is 29.1 Å². The number of amides is 1. The van der Waals surface area contributed by atoms with Crippen LogP contribution in [0.5, 0.6) is 17.2 Å². The summed E-state index contributed by atoms with van der Waals surface area (Å²) < 4.78 is 15.8. The predicted molar refractivity (Wildman–Crippen MR) is 130 cm³/mol. The zero-order chi connectivity index (χ0) is 25.1. The molecule has 0 spiro atoms. The summed E-state index contributed by atoms with van der Waals surface area (Å²) in [6.45, 7) is 0.118. The lowest BCUT2D eigenvalue weighted by Crippen LogP contribution is -2.29. The van der Waals surface area contributed by atoms with Gasteiger partial charge in [-0.15, -0.1) is 0 Å². The molecule has 2 heterocycles. The Labute approximate surface area is 207 Å². The Morgan fingerprint density at radius 2 is 1.71 bits per heavy atom. The fraction of sp³-hybridized carbons (Fsp3) is 0.192. The van der Waals surface area contributed by atoms with Crippen molar-refractivity contribution in [1.29, 1.82) is 0 Å². The van der Waals surface area contributed by atoms with Gasteiger partial charge < -0.3 is 24.2 Å². The summed E-state index contributed by atoms with van der Waals surface area (Å²) in [5.41, 5.74) is 1.25. The molecule has 1 unspecified atom stereocenters. The molecule has 1 aromatic heterocycles. The number of ether oxygens (including phenoxy) is 3. The third kappa shape index (κ3) is 4.52. The Kier molecular flexibility index (Phi) is 6.93. The van der Waals surface area contributed by atoms with Gasteiger partial charge in [0.1, 0.15) is 29.0 Å². The molecule has 9 heteroatoms. The van der Waals surface area contributed by atoms with Crippen LogP contribution in [0.25, 0.3) is 5.76 Å². The summed E-state index contributed by atoms with van der Waals surface area (Å²) in [6, 6.07) is 14.3. The molecule has 0 aliphatic carbocycles. The van der Waals surface area contributed by atoms with Crippen LogP contribution in [0.1, 0.15) is 22.9 Å². The molecular formula is C26H23ClN2O6. The SMILES string of the molecule is COc1ccc(CN2C(=O)C(=O)/C(=C(/O)c3cc(Cl)c(OC)cc3OC)C2c2ccccn2)cc1. The van der Waals surface area contributed by atoms with E-state index in [0.717, 1.165) is 5.56 Å². The number of aliphatic hydroxyl groups is 1. The second kappa shape index (κ2) is 10.1. The molecule has 1 atom stereocenters. The van der Waals surface area contributed by atoms with Crippen LogP contribution in [0.15, 0.2) is 66.4 Å². The highest BCUT2D eigenvalue weighted by atomic mass is 35.5. The highest BCUT2D eigenvalue weighted by molar-refractivity contribution is 6.46. The number of benzene rings is 2. The van der Waals surface area contributed by atoms with Crippen LogP contribution >= 0.6 is 11.6 Å². The Morgan fingerprint density at radius 3 is 2.31 bits per heavy atom. The molecule has 0 bridgehead atoms. The van der Waals surface area contributed by atoms with Crippen LogP contribution in [-0.2, 0) is 16.1 Å². The summed E-state index contributed by atoms with van der Waals surface area (Å²) in [4.78, 5) is 32.2. The maximum atomic E-state index is 13.3. The van der Waals surface area contributed by atoms with Gasteiger partial charge >= 0.3 is 0 Å². The van der Waals surface area contributed by atoms with Crippen LogP contribution in [0, 0.1) is 0 Å². The van der Waals surface area contributed by atoms with Crippen LogP contribution in [0.3, 0.4) is 0 Å². The highest BCUT2D eigenvalue weighted by Gasteiger charge is 2.47. The molecule has 1 fully saturated rings. The first-order valence-corrected chi connectivity index (χ1v) is 11.0. The number of hydrogen-bond acceptors (Lipinski definition) is 7. The number of rotatable bonds is 7. The van der Waals surface area contributed by atoms with E-state index >= 15 is 0 Å². The van der Waals surface area contributed by atoms with Gasteiger partial charge in [0, 0.05) is 18.8 Å². The molecule has 1 aliphatic heterocycles. The minimum absolute atomic E-state index is 0.109. The second-order valence-corrected chi connectivity index (χ2v) is 8.12. The average Bonchev–Trinajstić information content (AvgIpc) is 3.14. The van der Waals surface area contributed by atoms with Gasteiger partial charge in [0.25, 0.3) is 11.7 Å². The molecule has 3 aromatic rings. The van der Waals surface area contributed by atoms with E-state index in [1.165, 1.54) is 31.3 Å². The van der Waals surface area contributed by atoms with Gasteiger partial charge in [-0.25, -0.2) is 0 Å². The van der Waals surface area contributed by atoms with Crippen molar-refractivity contribution in [3.05, 3.63) is 88.2 Å². The number of methoxy groups -OCH3 is 3. The number of nitrogens with zero attached hydrogens (tertiary/aromatic N) is 2. The van der Waals surface area contributed by atoms with Crippen LogP contribution < -0.4 is 14.2 Å². The molecule has 8 nitrogen and oxygen atoms in total. The molecule has 0 saturated carbocycles. The Balaban J connectivity index is 1.87. The van der Waals surface area contributed by atoms with E-state index < -0.39 is 23.5 Å². The zero-order valence-electron chi connectivity index (χ0n) is 19.3. The summed E-state index contributed by atoms with van der Waals surface area (Å²) in [7, 11) is 4.43. The van der Waals surface area contributed by atoms with Gasteiger partial charge in [-0.1, -0.05) is 29.8 Å². The zero-order valence-corrected chi connectivity index (χ0v) is 20.1. The number of hydrogen-bond donors (Lipinski definition) is 1. The normalized spacial score (nSPS) is 16.9. The fourth-order valence-corrected chi connectivity index (χ4v) is 4.25. The van der Waals surface area contributed by atoms with Crippen LogP contribution in [0.4, 0.5) is 0 Å². The van der Waals surface area contributed by atoms with Crippen molar-refractivity contribution in [3.63, 3.8) is 0 Å². The molecular weight excluding hydrogens is 472 g/mol. The number of ketones is 1. The third-order valence-corrected chi connectivity index (χ3v) is 6.04. The minimum Gasteiger partial charge on any atom is -0.507 e. The lowest BCUT2D eigenvalue weighted by atomic mass is 9.97. The quantitative estimate of drug-likeness (QED) is 0.295. The smallest absolute Gasteiger partial charge is 0.296 e. The first-order valence-electron chi connectivity index (χ1n) is 10.6. The van der Waals surface area contributed by atoms with Gasteiger partial charge in [0.05, 0.1) is 43.2 Å². The van der Waals surface area contributed by atoms with Crippen molar-refractivity contribution < 1.29 is 28.9 Å². The summed E-state index contributed by atoms with van der Waals surface area (Å²) >= 11 is 6.29. The number of likely N-dealkylation sites (tertiary alicyclic amines) is 1. The standard InChI is InChI=1S/C26H23ClN2O6/c1-33-16-9-7-15(8-10-16)14-29-23(19-6-4-5-11-28-19)22(25(31)26(29)32)24(30)17-12-18(27)21(35-3)13-20(17)34-2/h4-13,23,30H,14H2,1-3H3/b24-22+. The molecule has 1 saturated heterocycles. The summed E-state index contributed by atoms with van der Waals surface area (Å²) in [6.07, 6.45) is 1.56. The van der Waals surface area contributed by atoms with E-state index in [4.69, 9.17) is 25.8 Å². The monoisotopic (exact) mass is 494 g/mol. The number of aromatic nitrogens is 1. The maximum Gasteiger partial charge on any atom is 0.296 e. The van der Waals surface area contributed by atoms with Crippen molar-refractivity contribution in [2.45, 2.75) is 12.6 Å². The highest BCUT2D eigenvalue weighted by Crippen LogP contribution is 2.43. The summed E-state index contributed by atoms with van der Waals surface area (Å²) in [5.74, 6) is -0.776. The largest absolute Gasteiger partial charge is 0.507 e. The number of halogens is 1. The Hall–Kier alpha value is -4.04. The van der Waals surface area contributed by atoms with E-state index in [-0.39, 0.29) is 28.5 Å². The van der Waals surface area contributed by atoms with E-state index in [1.807, 2.05) is 0 Å². The van der Waals surface area contributed by atoms with Crippen molar-refractivity contribution in [1.82, 2.24) is 9.88 Å². The first kappa shape index (κ1) is 24.1. The van der Waals surface area contributed by atoms with E-state index in [0.29, 0.717) is 17.2 Å².